The molecule has 0 radical (unpaired) electrons. The van der Waals surface area contributed by atoms with E-state index in [2.05, 4.69) is 51.4 Å². The zero-order valence-electron chi connectivity index (χ0n) is 9.96. The summed E-state index contributed by atoms with van der Waals surface area (Å²) in [4.78, 5) is 5.89. The Morgan fingerprint density at radius 1 is 1.41 bits per heavy atom. The molecule has 2 nitrogen and oxygen atoms in total. The lowest BCUT2D eigenvalue weighted by atomic mass is 10.2. The molecule has 1 heterocycles. The molecule has 1 aromatic heterocycles. The third-order valence-corrected chi connectivity index (χ3v) is 4.28. The molecule has 17 heavy (non-hydrogen) atoms. The van der Waals surface area contributed by atoms with E-state index in [-0.39, 0.29) is 0 Å². The fourth-order valence-corrected chi connectivity index (χ4v) is 3.15. The van der Waals surface area contributed by atoms with E-state index in [9.17, 15) is 0 Å². The molecule has 4 heteroatoms. The van der Waals surface area contributed by atoms with Crippen LogP contribution in [0.4, 0.5) is 0 Å². The van der Waals surface area contributed by atoms with E-state index in [0.29, 0.717) is 0 Å². The smallest absolute Gasteiger partial charge is 0.0947 e. The molecule has 90 valence electrons. The highest BCUT2D eigenvalue weighted by molar-refractivity contribution is 9.10. The molecule has 0 aliphatic rings. The van der Waals surface area contributed by atoms with Gasteiger partial charge in [-0.3, -0.25) is 0 Å². The number of rotatable bonds is 4. The van der Waals surface area contributed by atoms with E-state index >= 15 is 0 Å². The first-order valence-corrected chi connectivity index (χ1v) is 7.18. The topological polar surface area (TPSA) is 24.9 Å². The Morgan fingerprint density at radius 3 is 2.94 bits per heavy atom. The van der Waals surface area contributed by atoms with Crippen LogP contribution < -0.4 is 5.32 Å². The van der Waals surface area contributed by atoms with Crippen LogP contribution in [0.1, 0.15) is 10.7 Å². The maximum absolute atomic E-state index is 4.62. The second-order valence-electron chi connectivity index (χ2n) is 3.89. The van der Waals surface area contributed by atoms with Crippen molar-refractivity contribution in [3.8, 4) is 10.4 Å². The molecule has 1 N–H and O–H groups in total. The van der Waals surface area contributed by atoms with Crippen molar-refractivity contribution in [2.45, 2.75) is 13.3 Å². The van der Waals surface area contributed by atoms with Gasteiger partial charge in [0.25, 0.3) is 0 Å². The average Bonchev–Trinajstić information content (AvgIpc) is 2.68. The van der Waals surface area contributed by atoms with Crippen LogP contribution in [-0.4, -0.2) is 18.6 Å². The fraction of sp³-hybridized carbons (Fsp3) is 0.308. The number of nitrogens with one attached hydrogen (secondary N) is 1. The molecule has 0 spiro atoms. The molecule has 1 aromatic carbocycles. The van der Waals surface area contributed by atoms with Gasteiger partial charge >= 0.3 is 0 Å². The maximum Gasteiger partial charge on any atom is 0.0947 e. The number of hydrogen-bond acceptors (Lipinski definition) is 3. The van der Waals surface area contributed by atoms with Gasteiger partial charge in [0.05, 0.1) is 15.6 Å². The molecule has 0 unspecified atom stereocenters. The van der Waals surface area contributed by atoms with Gasteiger partial charge in [-0.1, -0.05) is 28.1 Å². The third-order valence-electron chi connectivity index (χ3n) is 2.52. The lowest BCUT2D eigenvalue weighted by molar-refractivity contribution is 0.786. The summed E-state index contributed by atoms with van der Waals surface area (Å²) in [6, 6.07) is 8.38. The summed E-state index contributed by atoms with van der Waals surface area (Å²) in [6.45, 7) is 3.06. The van der Waals surface area contributed by atoms with Crippen molar-refractivity contribution in [1.29, 1.82) is 0 Å². The number of benzene rings is 1. The van der Waals surface area contributed by atoms with E-state index < -0.39 is 0 Å². The molecule has 0 fully saturated rings. The Labute approximate surface area is 114 Å². The van der Waals surface area contributed by atoms with Crippen LogP contribution in [-0.2, 0) is 6.42 Å². The summed E-state index contributed by atoms with van der Waals surface area (Å²) in [5.74, 6) is 0. The fourth-order valence-electron chi connectivity index (χ4n) is 1.69. The zero-order chi connectivity index (χ0) is 12.3. The van der Waals surface area contributed by atoms with Gasteiger partial charge < -0.3 is 5.32 Å². The largest absolute Gasteiger partial charge is 0.319 e. The standard InChI is InChI=1S/C13H15BrN2S/c1-9-13(10-4-3-5-11(14)8-10)17-12(16-9)6-7-15-2/h3-5,8,15H,6-7H2,1-2H3. The Balaban J connectivity index is 2.29. The van der Waals surface area contributed by atoms with Crippen LogP contribution in [0, 0.1) is 6.92 Å². The molecule has 2 rings (SSSR count). The van der Waals surface area contributed by atoms with Gasteiger partial charge in [0.1, 0.15) is 0 Å². The summed E-state index contributed by atoms with van der Waals surface area (Å²) in [5, 5.41) is 4.35. The van der Waals surface area contributed by atoms with Crippen molar-refractivity contribution in [1.82, 2.24) is 10.3 Å². The second kappa shape index (κ2) is 5.76. The number of aryl methyl sites for hydroxylation is 1. The lowest BCUT2D eigenvalue weighted by Crippen LogP contribution is -2.09. The number of thiazole rings is 1. The molecule has 2 aromatic rings. The summed E-state index contributed by atoms with van der Waals surface area (Å²) in [5.41, 5.74) is 2.37. The first-order chi connectivity index (χ1) is 8.20. The third kappa shape index (κ3) is 3.15. The Morgan fingerprint density at radius 2 is 2.24 bits per heavy atom. The number of likely N-dealkylation sites (N-methyl/N-ethyl adjacent to an activating group) is 1. The van der Waals surface area contributed by atoms with Crippen molar-refractivity contribution in [3.05, 3.63) is 39.4 Å². The monoisotopic (exact) mass is 310 g/mol. The van der Waals surface area contributed by atoms with Crippen LogP contribution in [0.15, 0.2) is 28.7 Å². The highest BCUT2D eigenvalue weighted by Gasteiger charge is 2.09. The van der Waals surface area contributed by atoms with E-state index in [4.69, 9.17) is 0 Å². The molecule has 0 atom stereocenters. The zero-order valence-corrected chi connectivity index (χ0v) is 12.4. The minimum absolute atomic E-state index is 0.977. The van der Waals surface area contributed by atoms with Gasteiger partial charge in [-0.15, -0.1) is 11.3 Å². The van der Waals surface area contributed by atoms with Gasteiger partial charge in [-0.2, -0.15) is 0 Å². The SMILES string of the molecule is CNCCc1nc(C)c(-c2cccc(Br)c2)s1. The molecule has 0 amide bonds. The first-order valence-electron chi connectivity index (χ1n) is 5.57. The molecule has 0 aliphatic heterocycles. The highest BCUT2D eigenvalue weighted by Crippen LogP contribution is 2.31. The average molecular weight is 311 g/mol. The Kier molecular flexibility index (Phi) is 4.31. The first kappa shape index (κ1) is 12.7. The summed E-state index contributed by atoms with van der Waals surface area (Å²) in [6.07, 6.45) is 0.996. The summed E-state index contributed by atoms with van der Waals surface area (Å²) in [7, 11) is 1.97. The van der Waals surface area contributed by atoms with Crippen molar-refractivity contribution in [2.24, 2.45) is 0 Å². The molecule has 0 bridgehead atoms. The number of hydrogen-bond donors (Lipinski definition) is 1. The molecular formula is C13H15BrN2S. The van der Waals surface area contributed by atoms with Gasteiger partial charge in [0.2, 0.25) is 0 Å². The molecule has 0 saturated heterocycles. The number of aromatic nitrogens is 1. The van der Waals surface area contributed by atoms with Gasteiger partial charge in [0.15, 0.2) is 0 Å². The molecule has 0 aliphatic carbocycles. The number of halogens is 1. The van der Waals surface area contributed by atoms with Crippen molar-refractivity contribution >= 4 is 27.3 Å². The van der Waals surface area contributed by atoms with Crippen LogP contribution >= 0.6 is 27.3 Å². The van der Waals surface area contributed by atoms with Crippen molar-refractivity contribution in [3.63, 3.8) is 0 Å². The van der Waals surface area contributed by atoms with Gasteiger partial charge in [0, 0.05) is 17.4 Å². The van der Waals surface area contributed by atoms with E-state index in [1.807, 2.05) is 13.1 Å². The highest BCUT2D eigenvalue weighted by atomic mass is 79.9. The minimum atomic E-state index is 0.977. The van der Waals surface area contributed by atoms with Crippen LogP contribution in [0.5, 0.6) is 0 Å². The predicted octanol–water partition coefficient (Wildman–Crippen LogP) is 3.64. The summed E-state index contributed by atoms with van der Waals surface area (Å²) >= 11 is 5.30. The lowest BCUT2D eigenvalue weighted by Gasteiger charge is -1.98. The van der Waals surface area contributed by atoms with E-state index in [1.54, 1.807) is 11.3 Å². The van der Waals surface area contributed by atoms with Crippen molar-refractivity contribution in [2.75, 3.05) is 13.6 Å². The second-order valence-corrected chi connectivity index (χ2v) is 5.89. The number of nitrogens with zero attached hydrogens (tertiary/aromatic N) is 1. The minimum Gasteiger partial charge on any atom is -0.319 e. The van der Waals surface area contributed by atoms with Crippen LogP contribution in [0.3, 0.4) is 0 Å². The van der Waals surface area contributed by atoms with Gasteiger partial charge in [-0.25, -0.2) is 4.98 Å². The molecular weight excluding hydrogens is 296 g/mol. The maximum atomic E-state index is 4.62. The van der Waals surface area contributed by atoms with Gasteiger partial charge in [-0.05, 0) is 31.7 Å². The normalized spacial score (nSPS) is 10.8. The molecule has 0 saturated carbocycles. The van der Waals surface area contributed by atoms with Crippen LogP contribution in [0.25, 0.3) is 10.4 Å². The predicted molar refractivity (Wildman–Crippen MR) is 77.6 cm³/mol. The van der Waals surface area contributed by atoms with E-state index in [1.165, 1.54) is 15.4 Å². The van der Waals surface area contributed by atoms with E-state index in [0.717, 1.165) is 23.1 Å². The van der Waals surface area contributed by atoms with Crippen molar-refractivity contribution < 1.29 is 0 Å². The Hall–Kier alpha value is -0.710. The summed E-state index contributed by atoms with van der Waals surface area (Å²) < 4.78 is 1.11. The Bertz CT molecular complexity index is 508. The quantitative estimate of drug-likeness (QED) is 0.932. The van der Waals surface area contributed by atoms with Crippen LogP contribution in [0.2, 0.25) is 0 Å².